The summed E-state index contributed by atoms with van der Waals surface area (Å²) in [4.78, 5) is 15.7. The number of fused-ring (bicyclic) bond motifs is 1. The summed E-state index contributed by atoms with van der Waals surface area (Å²) in [5.41, 5.74) is 3.24. The van der Waals surface area contributed by atoms with Crippen LogP contribution in [0.15, 0.2) is 34.7 Å². The van der Waals surface area contributed by atoms with Crippen molar-refractivity contribution in [1.82, 2.24) is 4.98 Å². The van der Waals surface area contributed by atoms with Gasteiger partial charge in [0.25, 0.3) is 0 Å². The summed E-state index contributed by atoms with van der Waals surface area (Å²) in [6, 6.07) is 11.0. The molecule has 2 heterocycles. The van der Waals surface area contributed by atoms with E-state index in [9.17, 15) is 10.1 Å². The minimum absolute atomic E-state index is 0.281. The number of carbonyl (C=O) groups is 1. The third-order valence-electron chi connectivity index (χ3n) is 5.88. The van der Waals surface area contributed by atoms with Crippen molar-refractivity contribution < 1.29 is 18.5 Å². The van der Waals surface area contributed by atoms with Gasteiger partial charge in [-0.3, -0.25) is 4.79 Å². The highest BCUT2D eigenvalue weighted by molar-refractivity contribution is 6.62. The van der Waals surface area contributed by atoms with Crippen LogP contribution in [0, 0.1) is 18.3 Å². The molecule has 7 heteroatoms. The van der Waals surface area contributed by atoms with Crippen LogP contribution >= 0.6 is 0 Å². The SMILES string of the molecule is Cc1c(B2OC(C)(C)C(C)(C)O2)cccc1-c1nc2cc(C=O)cc(C#N)c2o1. The molecule has 3 aromatic rings. The Hall–Kier alpha value is -2.95. The average molecular weight is 388 g/mol. The molecule has 0 N–H and O–H groups in total. The predicted octanol–water partition coefficient (Wildman–Crippen LogP) is 3.79. The van der Waals surface area contributed by atoms with Gasteiger partial charge in [-0.25, -0.2) is 4.98 Å². The van der Waals surface area contributed by atoms with Crippen molar-refractivity contribution in [2.24, 2.45) is 0 Å². The van der Waals surface area contributed by atoms with Gasteiger partial charge in [0.05, 0.1) is 16.8 Å². The molecule has 1 aliphatic heterocycles. The largest absolute Gasteiger partial charge is 0.495 e. The Bertz CT molecular complexity index is 1160. The summed E-state index contributed by atoms with van der Waals surface area (Å²) >= 11 is 0. The maximum absolute atomic E-state index is 11.2. The molecule has 6 nitrogen and oxygen atoms in total. The number of aromatic nitrogens is 1. The molecule has 4 rings (SSSR count). The molecule has 29 heavy (non-hydrogen) atoms. The standard InChI is InChI=1S/C22H21BN2O4/c1-13-16(7-6-8-17(13)23-28-21(2,3)22(4,5)29-23)20-25-18-10-14(12-26)9-15(11-24)19(18)27-20/h6-10,12H,1-5H3. The quantitative estimate of drug-likeness (QED) is 0.501. The monoisotopic (exact) mass is 388 g/mol. The fourth-order valence-electron chi connectivity index (χ4n) is 3.43. The molecule has 0 spiro atoms. The first-order chi connectivity index (χ1) is 13.7. The zero-order chi connectivity index (χ0) is 21.0. The minimum Gasteiger partial charge on any atom is -0.435 e. The topological polar surface area (TPSA) is 85.4 Å². The second-order valence-corrected chi connectivity index (χ2v) is 8.27. The number of benzene rings is 2. The molecule has 1 saturated heterocycles. The van der Waals surface area contributed by atoms with Crippen molar-refractivity contribution in [2.75, 3.05) is 0 Å². The fourth-order valence-corrected chi connectivity index (χ4v) is 3.43. The van der Waals surface area contributed by atoms with Gasteiger partial charge in [-0.05, 0) is 63.8 Å². The highest BCUT2D eigenvalue weighted by Gasteiger charge is 2.52. The van der Waals surface area contributed by atoms with E-state index in [0.29, 0.717) is 28.8 Å². The summed E-state index contributed by atoms with van der Waals surface area (Å²) in [5.74, 6) is 0.385. The van der Waals surface area contributed by atoms with Crippen LogP contribution in [0.25, 0.3) is 22.6 Å². The van der Waals surface area contributed by atoms with E-state index in [-0.39, 0.29) is 5.56 Å². The molecule has 0 unspecified atom stereocenters. The van der Waals surface area contributed by atoms with Crippen LogP contribution in [-0.4, -0.2) is 29.6 Å². The summed E-state index contributed by atoms with van der Waals surface area (Å²) in [6.45, 7) is 10.0. The van der Waals surface area contributed by atoms with Crippen LogP contribution in [0.5, 0.6) is 0 Å². The Morgan fingerprint density at radius 3 is 2.45 bits per heavy atom. The van der Waals surface area contributed by atoms with E-state index in [1.54, 1.807) is 6.07 Å². The fraction of sp³-hybridized carbons (Fsp3) is 0.318. The molecule has 0 atom stereocenters. The predicted molar refractivity (Wildman–Crippen MR) is 110 cm³/mol. The van der Waals surface area contributed by atoms with Gasteiger partial charge >= 0.3 is 7.12 Å². The molecule has 0 saturated carbocycles. The average Bonchev–Trinajstić information content (AvgIpc) is 3.18. The molecule has 1 aromatic heterocycles. The molecule has 2 aromatic carbocycles. The first kappa shape index (κ1) is 19.4. The number of hydrogen-bond donors (Lipinski definition) is 0. The number of nitrogens with zero attached hydrogens (tertiary/aromatic N) is 2. The van der Waals surface area contributed by atoms with Crippen LogP contribution in [-0.2, 0) is 9.31 Å². The highest BCUT2D eigenvalue weighted by atomic mass is 16.7. The lowest BCUT2D eigenvalue weighted by atomic mass is 9.75. The van der Waals surface area contributed by atoms with E-state index in [0.717, 1.165) is 16.6 Å². The molecular weight excluding hydrogens is 367 g/mol. The lowest BCUT2D eigenvalue weighted by Crippen LogP contribution is -2.41. The van der Waals surface area contributed by atoms with Gasteiger partial charge in [0, 0.05) is 11.1 Å². The second-order valence-electron chi connectivity index (χ2n) is 8.27. The summed E-state index contributed by atoms with van der Waals surface area (Å²) < 4.78 is 18.3. The van der Waals surface area contributed by atoms with Crippen molar-refractivity contribution >= 4 is 30.0 Å². The van der Waals surface area contributed by atoms with Gasteiger partial charge in [0.2, 0.25) is 5.89 Å². The molecule has 0 bridgehead atoms. The summed E-state index contributed by atoms with van der Waals surface area (Å²) in [7, 11) is -0.499. The lowest BCUT2D eigenvalue weighted by Gasteiger charge is -2.32. The molecule has 146 valence electrons. The van der Waals surface area contributed by atoms with E-state index in [1.165, 1.54) is 6.07 Å². The summed E-state index contributed by atoms with van der Waals surface area (Å²) in [5, 5.41) is 9.39. The van der Waals surface area contributed by atoms with E-state index < -0.39 is 18.3 Å². The molecule has 0 amide bonds. The molecule has 0 radical (unpaired) electrons. The zero-order valence-corrected chi connectivity index (χ0v) is 17.1. The van der Waals surface area contributed by atoms with Gasteiger partial charge in [0.1, 0.15) is 17.9 Å². The first-order valence-corrected chi connectivity index (χ1v) is 9.42. The molecule has 1 aliphatic rings. The number of aldehydes is 1. The zero-order valence-electron chi connectivity index (χ0n) is 17.1. The van der Waals surface area contributed by atoms with E-state index in [1.807, 2.05) is 52.8 Å². The van der Waals surface area contributed by atoms with Crippen molar-refractivity contribution in [1.29, 1.82) is 5.26 Å². The van der Waals surface area contributed by atoms with Gasteiger partial charge in [-0.2, -0.15) is 5.26 Å². The van der Waals surface area contributed by atoms with Crippen LogP contribution in [0.3, 0.4) is 0 Å². The smallest absolute Gasteiger partial charge is 0.435 e. The number of nitriles is 1. The normalized spacial score (nSPS) is 17.4. The molecule has 0 aliphatic carbocycles. The summed E-state index contributed by atoms with van der Waals surface area (Å²) in [6.07, 6.45) is 0.693. The van der Waals surface area contributed by atoms with E-state index >= 15 is 0 Å². The Balaban J connectivity index is 1.81. The lowest BCUT2D eigenvalue weighted by molar-refractivity contribution is 0.00578. The maximum Gasteiger partial charge on any atom is 0.495 e. The van der Waals surface area contributed by atoms with Crippen molar-refractivity contribution in [3.05, 3.63) is 47.0 Å². The Morgan fingerprint density at radius 2 is 1.83 bits per heavy atom. The van der Waals surface area contributed by atoms with Crippen molar-refractivity contribution in [3.8, 4) is 17.5 Å². The van der Waals surface area contributed by atoms with Gasteiger partial charge in [0.15, 0.2) is 5.58 Å². The third kappa shape index (κ3) is 3.05. The Morgan fingerprint density at radius 1 is 1.14 bits per heavy atom. The molecule has 1 fully saturated rings. The molecular formula is C22H21BN2O4. The number of hydrogen-bond acceptors (Lipinski definition) is 6. The van der Waals surface area contributed by atoms with E-state index in [4.69, 9.17) is 13.7 Å². The number of carbonyl (C=O) groups excluding carboxylic acids is 1. The van der Waals surface area contributed by atoms with Gasteiger partial charge < -0.3 is 13.7 Å². The van der Waals surface area contributed by atoms with Crippen LogP contribution < -0.4 is 5.46 Å². The first-order valence-electron chi connectivity index (χ1n) is 9.42. The van der Waals surface area contributed by atoms with E-state index in [2.05, 4.69) is 11.1 Å². The highest BCUT2D eigenvalue weighted by Crippen LogP contribution is 2.37. The number of rotatable bonds is 3. The third-order valence-corrected chi connectivity index (χ3v) is 5.88. The van der Waals surface area contributed by atoms with Crippen LogP contribution in [0.2, 0.25) is 0 Å². The van der Waals surface area contributed by atoms with Crippen LogP contribution in [0.4, 0.5) is 0 Å². The van der Waals surface area contributed by atoms with Crippen molar-refractivity contribution in [2.45, 2.75) is 45.8 Å². The maximum atomic E-state index is 11.2. The van der Waals surface area contributed by atoms with Crippen LogP contribution in [0.1, 0.15) is 49.2 Å². The van der Waals surface area contributed by atoms with Gasteiger partial charge in [-0.1, -0.05) is 12.1 Å². The Kier molecular flexibility index (Phi) is 4.37. The second kappa shape index (κ2) is 6.55. The van der Waals surface area contributed by atoms with Crippen molar-refractivity contribution in [3.63, 3.8) is 0 Å². The van der Waals surface area contributed by atoms with Gasteiger partial charge in [-0.15, -0.1) is 0 Å². The number of oxazole rings is 1. The minimum atomic E-state index is -0.499. The Labute approximate surface area is 169 Å².